The average molecular weight is 367 g/mol. The van der Waals surface area contributed by atoms with Crippen molar-refractivity contribution in [1.29, 1.82) is 0 Å². The van der Waals surface area contributed by atoms with Crippen molar-refractivity contribution in [3.63, 3.8) is 0 Å². The Morgan fingerprint density at radius 2 is 2.00 bits per heavy atom. The van der Waals surface area contributed by atoms with Crippen LogP contribution in [0.2, 0.25) is 0 Å². The number of hydrogen-bond donors (Lipinski definition) is 2. The molecule has 0 radical (unpaired) electrons. The molecule has 6 nitrogen and oxygen atoms in total. The summed E-state index contributed by atoms with van der Waals surface area (Å²) in [4.78, 5) is 7.62. The lowest BCUT2D eigenvalue weighted by Crippen LogP contribution is -1.98. The van der Waals surface area contributed by atoms with Gasteiger partial charge in [0.05, 0.1) is 6.21 Å². The number of H-pyrrole nitrogens is 1. The number of aromatic nitrogens is 4. The highest BCUT2D eigenvalue weighted by Crippen LogP contribution is 2.21. The number of aromatic amines is 1. The summed E-state index contributed by atoms with van der Waals surface area (Å²) in [5.74, 6) is 0.343. The van der Waals surface area contributed by atoms with Gasteiger partial charge in [0.25, 0.3) is 5.95 Å². The van der Waals surface area contributed by atoms with Crippen molar-refractivity contribution in [2.24, 2.45) is 5.10 Å². The van der Waals surface area contributed by atoms with Crippen LogP contribution >= 0.6 is 15.9 Å². The maximum atomic E-state index is 4.40. The van der Waals surface area contributed by atoms with Crippen molar-refractivity contribution >= 4 is 50.2 Å². The SMILES string of the molecule is Brc1cccc(/C=N\Nc2nnc3c(n2)[nH]c2ccccc23)c1. The molecule has 2 aromatic heterocycles. The summed E-state index contributed by atoms with van der Waals surface area (Å²) in [6.07, 6.45) is 1.70. The fourth-order valence-corrected chi connectivity index (χ4v) is 2.74. The summed E-state index contributed by atoms with van der Waals surface area (Å²) in [5.41, 5.74) is 6.18. The van der Waals surface area contributed by atoms with Crippen molar-refractivity contribution in [3.05, 3.63) is 58.6 Å². The minimum Gasteiger partial charge on any atom is -0.338 e. The largest absolute Gasteiger partial charge is 0.338 e. The van der Waals surface area contributed by atoms with Crippen molar-refractivity contribution < 1.29 is 0 Å². The number of rotatable bonds is 3. The van der Waals surface area contributed by atoms with Gasteiger partial charge in [0, 0.05) is 15.4 Å². The zero-order chi connectivity index (χ0) is 15.6. The van der Waals surface area contributed by atoms with Crippen LogP contribution in [-0.4, -0.2) is 26.4 Å². The second-order valence-corrected chi connectivity index (χ2v) is 5.84. The standard InChI is InChI=1S/C16H11BrN6/c17-11-5-3-4-10(8-11)9-18-22-16-20-15-14(21-23-16)12-6-1-2-7-13(12)19-15/h1-9H,(H2,19,20,22,23)/b18-9-. The third-order valence-corrected chi connectivity index (χ3v) is 3.84. The molecule has 0 saturated heterocycles. The van der Waals surface area contributed by atoms with E-state index in [1.807, 2.05) is 48.5 Å². The smallest absolute Gasteiger partial charge is 0.265 e. The first-order chi connectivity index (χ1) is 11.3. The second kappa shape index (κ2) is 5.77. The first-order valence-electron chi connectivity index (χ1n) is 6.95. The van der Waals surface area contributed by atoms with Crippen molar-refractivity contribution in [2.75, 3.05) is 5.43 Å². The van der Waals surface area contributed by atoms with Gasteiger partial charge in [0.15, 0.2) is 5.65 Å². The molecule has 0 bridgehead atoms. The molecule has 4 aromatic rings. The molecule has 0 aliphatic rings. The average Bonchev–Trinajstić information content (AvgIpc) is 2.92. The maximum absolute atomic E-state index is 4.40. The number of hydrazone groups is 1. The number of para-hydroxylation sites is 1. The molecule has 2 N–H and O–H groups in total. The van der Waals surface area contributed by atoms with Gasteiger partial charge in [-0.2, -0.15) is 10.1 Å². The third kappa shape index (κ3) is 2.78. The molecule has 0 spiro atoms. The van der Waals surface area contributed by atoms with Gasteiger partial charge < -0.3 is 4.98 Å². The van der Waals surface area contributed by atoms with E-state index in [9.17, 15) is 0 Å². The molecule has 0 atom stereocenters. The third-order valence-electron chi connectivity index (χ3n) is 3.35. The van der Waals surface area contributed by atoms with Gasteiger partial charge in [-0.1, -0.05) is 46.3 Å². The molecule has 0 amide bonds. The highest BCUT2D eigenvalue weighted by Gasteiger charge is 2.07. The molecule has 0 unspecified atom stereocenters. The number of nitrogens with one attached hydrogen (secondary N) is 2. The first kappa shape index (κ1) is 13.8. The quantitative estimate of drug-likeness (QED) is 0.427. The highest BCUT2D eigenvalue weighted by atomic mass is 79.9. The van der Waals surface area contributed by atoms with Gasteiger partial charge in [-0.05, 0) is 23.8 Å². The Morgan fingerprint density at radius 1 is 1.09 bits per heavy atom. The summed E-state index contributed by atoms with van der Waals surface area (Å²) in [7, 11) is 0. The zero-order valence-electron chi connectivity index (χ0n) is 11.9. The van der Waals surface area contributed by atoms with E-state index >= 15 is 0 Å². The normalized spacial score (nSPS) is 11.5. The van der Waals surface area contributed by atoms with Crippen LogP contribution < -0.4 is 5.43 Å². The Bertz CT molecular complexity index is 1020. The fourth-order valence-electron chi connectivity index (χ4n) is 2.32. The highest BCUT2D eigenvalue weighted by molar-refractivity contribution is 9.10. The molecule has 23 heavy (non-hydrogen) atoms. The van der Waals surface area contributed by atoms with Crippen LogP contribution in [0.3, 0.4) is 0 Å². The molecule has 112 valence electrons. The molecule has 0 aliphatic carbocycles. The Balaban J connectivity index is 1.61. The van der Waals surface area contributed by atoms with Crippen molar-refractivity contribution in [3.8, 4) is 0 Å². The molecule has 0 fully saturated rings. The molecule has 0 aliphatic heterocycles. The first-order valence-corrected chi connectivity index (χ1v) is 7.75. The molecule has 2 aromatic carbocycles. The van der Waals surface area contributed by atoms with E-state index in [-0.39, 0.29) is 0 Å². The summed E-state index contributed by atoms with van der Waals surface area (Å²) in [6.45, 7) is 0. The number of anilines is 1. The van der Waals surface area contributed by atoms with Crippen molar-refractivity contribution in [1.82, 2.24) is 20.2 Å². The fraction of sp³-hybridized carbons (Fsp3) is 0. The second-order valence-electron chi connectivity index (χ2n) is 4.93. The van der Waals surface area contributed by atoms with Gasteiger partial charge in [0.2, 0.25) is 0 Å². The molecule has 4 rings (SSSR count). The Kier molecular flexibility index (Phi) is 3.47. The number of halogens is 1. The minimum absolute atomic E-state index is 0.343. The Hall–Kier alpha value is -2.80. The lowest BCUT2D eigenvalue weighted by atomic mass is 10.2. The molecular formula is C16H11BrN6. The molecule has 7 heteroatoms. The monoisotopic (exact) mass is 366 g/mol. The predicted octanol–water partition coefficient (Wildman–Crippen LogP) is 3.71. The van der Waals surface area contributed by atoms with E-state index in [4.69, 9.17) is 0 Å². The summed E-state index contributed by atoms with van der Waals surface area (Å²) in [6, 6.07) is 15.7. The zero-order valence-corrected chi connectivity index (χ0v) is 13.4. The number of hydrogen-bond acceptors (Lipinski definition) is 5. The van der Waals surface area contributed by atoms with Crippen LogP contribution in [0.15, 0.2) is 58.1 Å². The predicted molar refractivity (Wildman–Crippen MR) is 94.5 cm³/mol. The van der Waals surface area contributed by atoms with Gasteiger partial charge in [-0.25, -0.2) is 5.43 Å². The molecule has 2 heterocycles. The van der Waals surface area contributed by atoms with Crippen LogP contribution in [0.25, 0.3) is 22.1 Å². The number of benzene rings is 2. The summed E-state index contributed by atoms with van der Waals surface area (Å²) < 4.78 is 0.999. The van der Waals surface area contributed by atoms with Crippen LogP contribution in [0, 0.1) is 0 Å². The van der Waals surface area contributed by atoms with Gasteiger partial charge >= 0.3 is 0 Å². The lowest BCUT2D eigenvalue weighted by Gasteiger charge is -1.97. The van der Waals surface area contributed by atoms with Crippen LogP contribution in [0.4, 0.5) is 5.95 Å². The number of fused-ring (bicyclic) bond motifs is 3. The van der Waals surface area contributed by atoms with E-state index in [1.54, 1.807) is 6.21 Å². The Labute approximate surface area is 139 Å². The minimum atomic E-state index is 0.343. The van der Waals surface area contributed by atoms with E-state index in [0.717, 1.165) is 26.5 Å². The molecular weight excluding hydrogens is 356 g/mol. The summed E-state index contributed by atoms with van der Waals surface area (Å²) >= 11 is 3.42. The lowest BCUT2D eigenvalue weighted by molar-refractivity contribution is 1.01. The van der Waals surface area contributed by atoms with E-state index < -0.39 is 0 Å². The maximum Gasteiger partial charge on any atom is 0.265 e. The summed E-state index contributed by atoms with van der Waals surface area (Å²) in [5, 5.41) is 13.4. The van der Waals surface area contributed by atoms with Crippen molar-refractivity contribution in [2.45, 2.75) is 0 Å². The van der Waals surface area contributed by atoms with Crippen LogP contribution in [0.1, 0.15) is 5.56 Å². The van der Waals surface area contributed by atoms with E-state index in [0.29, 0.717) is 11.6 Å². The van der Waals surface area contributed by atoms with Crippen LogP contribution in [-0.2, 0) is 0 Å². The Morgan fingerprint density at radius 3 is 2.91 bits per heavy atom. The molecule has 0 saturated carbocycles. The van der Waals surface area contributed by atoms with Gasteiger partial charge in [-0.15, -0.1) is 10.2 Å². The van der Waals surface area contributed by atoms with Gasteiger partial charge in [-0.3, -0.25) is 0 Å². The van der Waals surface area contributed by atoms with Crippen LogP contribution in [0.5, 0.6) is 0 Å². The van der Waals surface area contributed by atoms with Gasteiger partial charge in [0.1, 0.15) is 5.52 Å². The van der Waals surface area contributed by atoms with E-state index in [1.165, 1.54) is 0 Å². The number of nitrogens with zero attached hydrogens (tertiary/aromatic N) is 4. The topological polar surface area (TPSA) is 78.8 Å². The van der Waals surface area contributed by atoms with E-state index in [2.05, 4.69) is 46.6 Å².